The van der Waals surface area contributed by atoms with Crippen molar-refractivity contribution >= 4 is 17.3 Å². The molecule has 17 heavy (non-hydrogen) atoms. The van der Waals surface area contributed by atoms with Gasteiger partial charge in [-0.2, -0.15) is 0 Å². The third kappa shape index (κ3) is 3.44. The van der Waals surface area contributed by atoms with E-state index in [2.05, 4.69) is 5.32 Å². The maximum atomic E-state index is 11.7. The van der Waals surface area contributed by atoms with Crippen molar-refractivity contribution in [1.29, 1.82) is 0 Å². The van der Waals surface area contributed by atoms with Crippen LogP contribution in [0, 0.1) is 16.0 Å². The summed E-state index contributed by atoms with van der Waals surface area (Å²) in [4.78, 5) is 21.8. The molecule has 0 aliphatic carbocycles. The van der Waals surface area contributed by atoms with E-state index < -0.39 is 4.92 Å². The van der Waals surface area contributed by atoms with E-state index in [1.54, 1.807) is 0 Å². The lowest BCUT2D eigenvalue weighted by molar-refractivity contribution is -0.384. The van der Waals surface area contributed by atoms with Crippen molar-refractivity contribution in [3.05, 3.63) is 33.9 Å². The summed E-state index contributed by atoms with van der Waals surface area (Å²) < 4.78 is 0. The number of hydrogen-bond donors (Lipinski definition) is 2. The number of nitro benzene ring substituents is 1. The molecule has 1 amide bonds. The van der Waals surface area contributed by atoms with Crippen molar-refractivity contribution in [2.24, 2.45) is 5.92 Å². The maximum Gasteiger partial charge on any atom is 0.270 e. The second kappa shape index (κ2) is 5.29. The lowest BCUT2D eigenvalue weighted by atomic mass is 10.1. The Balaban J connectivity index is 2.92. The molecule has 0 radical (unpaired) electrons. The summed E-state index contributed by atoms with van der Waals surface area (Å²) in [6.07, 6.45) is 0. The van der Waals surface area contributed by atoms with Crippen LogP contribution in [0.3, 0.4) is 0 Å². The van der Waals surface area contributed by atoms with Gasteiger partial charge in [-0.1, -0.05) is 13.8 Å². The van der Waals surface area contributed by atoms with Crippen LogP contribution in [0.2, 0.25) is 0 Å². The third-order valence-corrected chi connectivity index (χ3v) is 2.16. The first-order chi connectivity index (χ1) is 7.91. The lowest BCUT2D eigenvalue weighted by Gasteiger charge is -2.09. The minimum absolute atomic E-state index is 0.139. The van der Waals surface area contributed by atoms with E-state index >= 15 is 0 Å². The van der Waals surface area contributed by atoms with Crippen LogP contribution in [0.5, 0.6) is 0 Å². The molecule has 1 aromatic rings. The molecule has 0 spiro atoms. The van der Waals surface area contributed by atoms with E-state index in [1.807, 2.05) is 13.8 Å². The Labute approximate surface area is 99.0 Å². The predicted molar refractivity (Wildman–Crippen MR) is 64.7 cm³/mol. The zero-order valence-corrected chi connectivity index (χ0v) is 9.77. The predicted octanol–water partition coefficient (Wildman–Crippen LogP) is 1.56. The van der Waals surface area contributed by atoms with Crippen molar-refractivity contribution < 1.29 is 9.72 Å². The van der Waals surface area contributed by atoms with Crippen molar-refractivity contribution in [3.63, 3.8) is 0 Å². The topological polar surface area (TPSA) is 98.3 Å². The van der Waals surface area contributed by atoms with E-state index in [1.165, 1.54) is 18.2 Å². The highest BCUT2D eigenvalue weighted by Crippen LogP contribution is 2.19. The van der Waals surface area contributed by atoms with Gasteiger partial charge < -0.3 is 11.1 Å². The van der Waals surface area contributed by atoms with E-state index in [9.17, 15) is 14.9 Å². The first-order valence-corrected chi connectivity index (χ1v) is 5.24. The number of amides is 1. The Bertz CT molecular complexity index is 444. The number of nitrogens with one attached hydrogen (secondary N) is 1. The monoisotopic (exact) mass is 237 g/mol. The number of rotatable bonds is 4. The van der Waals surface area contributed by atoms with Gasteiger partial charge in [-0.3, -0.25) is 14.9 Å². The number of nitrogens with two attached hydrogens (primary N) is 1. The van der Waals surface area contributed by atoms with Gasteiger partial charge in [-0.15, -0.1) is 0 Å². The third-order valence-electron chi connectivity index (χ3n) is 2.16. The van der Waals surface area contributed by atoms with Gasteiger partial charge in [0.15, 0.2) is 0 Å². The Kier molecular flexibility index (Phi) is 4.03. The molecule has 1 rings (SSSR count). The molecule has 0 aliphatic rings. The highest BCUT2D eigenvalue weighted by molar-refractivity contribution is 5.99. The van der Waals surface area contributed by atoms with Crippen LogP contribution in [0.25, 0.3) is 0 Å². The second-order valence-corrected chi connectivity index (χ2v) is 4.13. The average Bonchev–Trinajstić information content (AvgIpc) is 2.26. The maximum absolute atomic E-state index is 11.7. The largest absolute Gasteiger partial charge is 0.398 e. The van der Waals surface area contributed by atoms with E-state index in [4.69, 9.17) is 5.73 Å². The summed E-state index contributed by atoms with van der Waals surface area (Å²) in [5.41, 5.74) is 5.84. The van der Waals surface area contributed by atoms with Gasteiger partial charge in [0, 0.05) is 24.4 Å². The van der Waals surface area contributed by atoms with Gasteiger partial charge in [0.1, 0.15) is 0 Å². The Morgan fingerprint density at radius 1 is 1.53 bits per heavy atom. The van der Waals surface area contributed by atoms with Gasteiger partial charge in [-0.05, 0) is 12.0 Å². The minimum atomic E-state index is -0.557. The van der Waals surface area contributed by atoms with Crippen LogP contribution in [0.15, 0.2) is 18.2 Å². The van der Waals surface area contributed by atoms with Crippen LogP contribution in [-0.2, 0) is 0 Å². The van der Waals surface area contributed by atoms with Crippen LogP contribution in [0.4, 0.5) is 11.4 Å². The summed E-state index contributed by atoms with van der Waals surface area (Å²) in [7, 11) is 0. The number of anilines is 1. The smallest absolute Gasteiger partial charge is 0.270 e. The number of carbonyl (C=O) groups is 1. The molecule has 1 aromatic carbocycles. The standard InChI is InChI=1S/C11H15N3O3/c1-7(2)6-13-11(15)9-5-8(14(16)17)3-4-10(9)12/h3-5,7H,6,12H2,1-2H3,(H,13,15). The summed E-state index contributed by atoms with van der Waals surface area (Å²) in [6.45, 7) is 4.41. The fourth-order valence-electron chi connectivity index (χ4n) is 1.25. The fraction of sp³-hybridized carbons (Fsp3) is 0.364. The molecule has 0 unspecified atom stereocenters. The number of carbonyl (C=O) groups excluding carboxylic acids is 1. The van der Waals surface area contributed by atoms with Crippen molar-refractivity contribution in [3.8, 4) is 0 Å². The molecule has 0 saturated carbocycles. The van der Waals surface area contributed by atoms with Gasteiger partial charge in [0.05, 0.1) is 10.5 Å². The van der Waals surface area contributed by atoms with Crippen molar-refractivity contribution in [2.45, 2.75) is 13.8 Å². The fourth-order valence-corrected chi connectivity index (χ4v) is 1.25. The second-order valence-electron chi connectivity index (χ2n) is 4.13. The van der Waals surface area contributed by atoms with Crippen LogP contribution >= 0.6 is 0 Å². The van der Waals surface area contributed by atoms with E-state index in [0.29, 0.717) is 12.5 Å². The molecule has 6 nitrogen and oxygen atoms in total. The minimum Gasteiger partial charge on any atom is -0.398 e. The quantitative estimate of drug-likeness (QED) is 0.471. The van der Waals surface area contributed by atoms with Crippen LogP contribution < -0.4 is 11.1 Å². The number of non-ortho nitro benzene ring substituents is 1. The number of hydrogen-bond acceptors (Lipinski definition) is 4. The molecule has 6 heteroatoms. The summed E-state index contributed by atoms with van der Waals surface area (Å²) in [5.74, 6) is -0.0845. The van der Waals surface area contributed by atoms with Gasteiger partial charge in [0.2, 0.25) is 0 Å². The molecule has 0 aromatic heterocycles. The molecule has 0 aliphatic heterocycles. The van der Waals surface area contributed by atoms with Crippen molar-refractivity contribution in [1.82, 2.24) is 5.32 Å². The van der Waals surface area contributed by atoms with Gasteiger partial charge >= 0.3 is 0 Å². The SMILES string of the molecule is CC(C)CNC(=O)c1cc([N+](=O)[O-])ccc1N. The zero-order valence-electron chi connectivity index (χ0n) is 9.77. The molecular formula is C11H15N3O3. The Hall–Kier alpha value is -2.11. The zero-order chi connectivity index (χ0) is 13.0. The van der Waals surface area contributed by atoms with Crippen LogP contribution in [-0.4, -0.2) is 17.4 Å². The molecule has 0 heterocycles. The Morgan fingerprint density at radius 3 is 2.71 bits per heavy atom. The molecule has 0 saturated heterocycles. The van der Waals surface area contributed by atoms with Crippen molar-refractivity contribution in [2.75, 3.05) is 12.3 Å². The Morgan fingerprint density at radius 2 is 2.18 bits per heavy atom. The number of benzene rings is 1. The van der Waals surface area contributed by atoms with Gasteiger partial charge in [0.25, 0.3) is 11.6 Å². The number of nitrogens with zero attached hydrogens (tertiary/aromatic N) is 1. The van der Waals surface area contributed by atoms with E-state index in [0.717, 1.165) is 0 Å². The first-order valence-electron chi connectivity index (χ1n) is 5.24. The number of nitrogen functional groups attached to an aromatic ring is 1. The summed E-state index contributed by atoms with van der Waals surface area (Å²) >= 11 is 0. The molecule has 0 bridgehead atoms. The summed E-state index contributed by atoms with van der Waals surface area (Å²) in [6, 6.07) is 3.82. The van der Waals surface area contributed by atoms with Gasteiger partial charge in [-0.25, -0.2) is 0 Å². The molecule has 92 valence electrons. The lowest BCUT2D eigenvalue weighted by Crippen LogP contribution is -2.28. The highest BCUT2D eigenvalue weighted by atomic mass is 16.6. The number of nitro groups is 1. The molecule has 3 N–H and O–H groups in total. The normalized spacial score (nSPS) is 10.3. The highest BCUT2D eigenvalue weighted by Gasteiger charge is 2.15. The molecular weight excluding hydrogens is 222 g/mol. The summed E-state index contributed by atoms with van der Waals surface area (Å²) in [5, 5.41) is 13.3. The average molecular weight is 237 g/mol. The van der Waals surface area contributed by atoms with E-state index in [-0.39, 0.29) is 22.8 Å². The molecule has 0 atom stereocenters. The first kappa shape index (κ1) is 13.0. The van der Waals surface area contributed by atoms with Crippen LogP contribution in [0.1, 0.15) is 24.2 Å². The molecule has 0 fully saturated rings.